The second-order valence-corrected chi connectivity index (χ2v) is 3.02. The Morgan fingerprint density at radius 2 is 2.38 bits per heavy atom. The molecule has 0 saturated heterocycles. The maximum Gasteiger partial charge on any atom is 0.184 e. The summed E-state index contributed by atoms with van der Waals surface area (Å²) in [6.45, 7) is 1.89. The Morgan fingerprint density at radius 3 is 3.00 bits per heavy atom. The average Bonchev–Trinajstić information content (AvgIpc) is 2.11. The summed E-state index contributed by atoms with van der Waals surface area (Å²) >= 11 is 0. The van der Waals surface area contributed by atoms with Gasteiger partial charge < -0.3 is 10.8 Å². The van der Waals surface area contributed by atoms with E-state index in [0.29, 0.717) is 6.42 Å². The number of carbonyl (C=O) groups is 1. The minimum atomic E-state index is -0.963. The van der Waals surface area contributed by atoms with Crippen molar-refractivity contribution in [2.24, 2.45) is 5.73 Å². The van der Waals surface area contributed by atoms with Crippen molar-refractivity contribution in [3.63, 3.8) is 0 Å². The monoisotopic (exact) mass is 179 g/mol. The van der Waals surface area contributed by atoms with Gasteiger partial charge in [0.25, 0.3) is 0 Å². The lowest BCUT2D eigenvalue weighted by molar-refractivity contribution is -0.122. The molecule has 1 aliphatic carbocycles. The summed E-state index contributed by atoms with van der Waals surface area (Å²) in [5.41, 5.74) is 7.16. The van der Waals surface area contributed by atoms with E-state index in [4.69, 9.17) is 5.73 Å². The maximum atomic E-state index is 11.1. The molecule has 0 amide bonds. The Labute approximate surface area is 77.2 Å². The number of ketones is 1. The minimum absolute atomic E-state index is 0.275. The predicted octanol–water partition coefficient (Wildman–Crippen LogP) is 0.665. The van der Waals surface area contributed by atoms with Gasteiger partial charge in [-0.15, -0.1) is 0 Å². The second kappa shape index (κ2) is 4.05. The van der Waals surface area contributed by atoms with Crippen LogP contribution in [0, 0.1) is 0 Å². The fraction of sp³-hybridized carbons (Fsp3) is 0.300. The molecule has 0 fully saturated rings. The highest BCUT2D eigenvalue weighted by Crippen LogP contribution is 2.17. The predicted molar refractivity (Wildman–Crippen MR) is 50.8 cm³/mol. The number of rotatable bonds is 0. The van der Waals surface area contributed by atoms with Gasteiger partial charge in [0.1, 0.15) is 6.10 Å². The molecule has 1 unspecified atom stereocenters. The van der Waals surface area contributed by atoms with E-state index in [9.17, 15) is 9.90 Å². The summed E-state index contributed by atoms with van der Waals surface area (Å²) in [6, 6.07) is 0. The third kappa shape index (κ3) is 2.29. The first-order chi connectivity index (χ1) is 6.15. The van der Waals surface area contributed by atoms with Crippen molar-refractivity contribution < 1.29 is 9.90 Å². The smallest absolute Gasteiger partial charge is 0.184 e. The molecule has 0 saturated carbocycles. The maximum absolute atomic E-state index is 11.1. The Balaban J connectivity index is 2.99. The molecule has 3 nitrogen and oxygen atoms in total. The molecule has 0 aromatic rings. The Bertz CT molecular complexity index is 300. The Kier molecular flexibility index (Phi) is 3.03. The molecular weight excluding hydrogens is 166 g/mol. The molecule has 0 aromatic carbocycles. The second-order valence-electron chi connectivity index (χ2n) is 3.02. The zero-order valence-electron chi connectivity index (χ0n) is 7.53. The number of hydrogen-bond acceptors (Lipinski definition) is 3. The lowest BCUT2D eigenvalue weighted by Gasteiger charge is -2.12. The molecule has 0 spiro atoms. The lowest BCUT2D eigenvalue weighted by atomic mass is 9.97. The number of aliphatic hydroxyl groups excluding tert-OH is 1. The normalized spacial score (nSPS) is 33.4. The number of nitrogens with two attached hydrogens (primary N) is 1. The van der Waals surface area contributed by atoms with Gasteiger partial charge in [0.2, 0.25) is 0 Å². The summed E-state index contributed by atoms with van der Waals surface area (Å²) in [7, 11) is 0. The van der Waals surface area contributed by atoms with E-state index in [2.05, 4.69) is 0 Å². The van der Waals surface area contributed by atoms with E-state index < -0.39 is 6.10 Å². The molecule has 1 aliphatic rings. The van der Waals surface area contributed by atoms with E-state index in [-0.39, 0.29) is 5.78 Å². The fourth-order valence-corrected chi connectivity index (χ4v) is 1.17. The quantitative estimate of drug-likeness (QED) is 0.574. The van der Waals surface area contributed by atoms with Crippen LogP contribution in [0.3, 0.4) is 0 Å². The third-order valence-corrected chi connectivity index (χ3v) is 2.06. The average molecular weight is 179 g/mol. The molecule has 13 heavy (non-hydrogen) atoms. The van der Waals surface area contributed by atoms with Crippen LogP contribution in [0.1, 0.15) is 13.3 Å². The van der Waals surface area contributed by atoms with E-state index >= 15 is 0 Å². The molecule has 1 rings (SSSR count). The number of carbonyl (C=O) groups excluding carboxylic acids is 1. The van der Waals surface area contributed by atoms with E-state index in [1.165, 1.54) is 12.3 Å². The van der Waals surface area contributed by atoms with Gasteiger partial charge in [-0.1, -0.05) is 12.2 Å². The first kappa shape index (κ1) is 9.74. The van der Waals surface area contributed by atoms with Crippen molar-refractivity contribution in [2.45, 2.75) is 19.4 Å². The van der Waals surface area contributed by atoms with Crippen LogP contribution in [0.5, 0.6) is 0 Å². The zero-order chi connectivity index (χ0) is 9.84. The lowest BCUT2D eigenvalue weighted by Crippen LogP contribution is -2.20. The van der Waals surface area contributed by atoms with Gasteiger partial charge >= 0.3 is 0 Å². The molecule has 0 aliphatic heterocycles. The SMILES string of the molecule is C/C1=C/C=C\C(=O)C(O)C\C1=C/N. The van der Waals surface area contributed by atoms with Crippen molar-refractivity contribution in [1.29, 1.82) is 0 Å². The topological polar surface area (TPSA) is 63.3 Å². The minimum Gasteiger partial charge on any atom is -0.404 e. The summed E-state index contributed by atoms with van der Waals surface area (Å²) < 4.78 is 0. The summed E-state index contributed by atoms with van der Waals surface area (Å²) in [4.78, 5) is 11.1. The van der Waals surface area contributed by atoms with Crippen molar-refractivity contribution in [2.75, 3.05) is 0 Å². The van der Waals surface area contributed by atoms with Crippen LogP contribution in [0.15, 0.2) is 35.6 Å². The molecule has 0 heterocycles. The number of allylic oxidation sites excluding steroid dienone is 3. The van der Waals surface area contributed by atoms with Crippen LogP contribution >= 0.6 is 0 Å². The molecule has 0 aromatic heterocycles. The standard InChI is InChI=1S/C10H13NO2/c1-7-3-2-4-9(12)10(13)5-8(7)6-11/h2-4,6,10,13H,5,11H2,1H3/b4-2-,7-3-,8-6+. The van der Waals surface area contributed by atoms with Crippen LogP contribution in [-0.4, -0.2) is 17.0 Å². The van der Waals surface area contributed by atoms with Crippen LogP contribution in [0.2, 0.25) is 0 Å². The van der Waals surface area contributed by atoms with Crippen LogP contribution in [0.25, 0.3) is 0 Å². The van der Waals surface area contributed by atoms with Crippen LogP contribution in [-0.2, 0) is 4.79 Å². The molecule has 0 radical (unpaired) electrons. The molecule has 1 atom stereocenters. The highest BCUT2D eigenvalue weighted by atomic mass is 16.3. The first-order valence-electron chi connectivity index (χ1n) is 4.13. The Hall–Kier alpha value is -1.35. The zero-order valence-corrected chi connectivity index (χ0v) is 7.53. The highest BCUT2D eigenvalue weighted by Gasteiger charge is 2.16. The summed E-state index contributed by atoms with van der Waals surface area (Å²) in [5.74, 6) is -0.275. The number of aliphatic hydroxyl groups is 1. The van der Waals surface area contributed by atoms with Crippen LogP contribution in [0.4, 0.5) is 0 Å². The highest BCUT2D eigenvalue weighted by molar-refractivity contribution is 5.94. The van der Waals surface area contributed by atoms with Gasteiger partial charge in [0, 0.05) is 6.42 Å². The van der Waals surface area contributed by atoms with Gasteiger partial charge in [-0.3, -0.25) is 4.79 Å². The largest absolute Gasteiger partial charge is 0.404 e. The first-order valence-corrected chi connectivity index (χ1v) is 4.13. The van der Waals surface area contributed by atoms with Gasteiger partial charge in [-0.25, -0.2) is 0 Å². The molecule has 3 heteroatoms. The van der Waals surface area contributed by atoms with Crippen molar-refractivity contribution in [1.82, 2.24) is 0 Å². The van der Waals surface area contributed by atoms with E-state index in [1.807, 2.05) is 13.0 Å². The van der Waals surface area contributed by atoms with Gasteiger partial charge in [-0.2, -0.15) is 0 Å². The summed E-state index contributed by atoms with van der Waals surface area (Å²) in [6.07, 6.45) is 5.58. The fourth-order valence-electron chi connectivity index (χ4n) is 1.17. The molecular formula is C10H13NO2. The van der Waals surface area contributed by atoms with Crippen molar-refractivity contribution in [3.8, 4) is 0 Å². The van der Waals surface area contributed by atoms with Crippen molar-refractivity contribution >= 4 is 5.78 Å². The molecule has 70 valence electrons. The van der Waals surface area contributed by atoms with Crippen molar-refractivity contribution in [3.05, 3.63) is 35.6 Å². The van der Waals surface area contributed by atoms with Gasteiger partial charge in [0.05, 0.1) is 0 Å². The van der Waals surface area contributed by atoms with E-state index in [1.54, 1.807) is 6.08 Å². The van der Waals surface area contributed by atoms with Gasteiger partial charge in [0.15, 0.2) is 5.78 Å². The van der Waals surface area contributed by atoms with Crippen LogP contribution < -0.4 is 5.73 Å². The van der Waals surface area contributed by atoms with E-state index in [0.717, 1.165) is 11.1 Å². The number of hydrogen-bond donors (Lipinski definition) is 2. The molecule has 3 N–H and O–H groups in total. The van der Waals surface area contributed by atoms with Gasteiger partial charge in [-0.05, 0) is 30.3 Å². The molecule has 0 bridgehead atoms. The third-order valence-electron chi connectivity index (χ3n) is 2.06. The Morgan fingerprint density at radius 1 is 1.69 bits per heavy atom. The summed E-state index contributed by atoms with van der Waals surface area (Å²) in [5, 5.41) is 9.38.